The summed E-state index contributed by atoms with van der Waals surface area (Å²) in [6.45, 7) is 3.10. The van der Waals surface area contributed by atoms with Crippen LogP contribution in [0.1, 0.15) is 26.4 Å². The van der Waals surface area contributed by atoms with E-state index in [2.05, 4.69) is 5.10 Å². The summed E-state index contributed by atoms with van der Waals surface area (Å²) in [6, 6.07) is 13.0. The third-order valence-corrected chi connectivity index (χ3v) is 5.90. The van der Waals surface area contributed by atoms with Crippen molar-refractivity contribution in [3.8, 4) is 5.69 Å². The maximum absolute atomic E-state index is 13.3. The molecule has 1 saturated heterocycles. The number of benzene rings is 2. The molecule has 2 aromatic carbocycles. The van der Waals surface area contributed by atoms with Crippen LogP contribution in [0.2, 0.25) is 10.2 Å². The van der Waals surface area contributed by atoms with Crippen LogP contribution in [0.25, 0.3) is 5.69 Å². The Balaban J connectivity index is 1.48. The van der Waals surface area contributed by atoms with Gasteiger partial charge in [-0.2, -0.15) is 5.10 Å². The van der Waals surface area contributed by atoms with Gasteiger partial charge in [0.05, 0.1) is 27.5 Å². The fourth-order valence-corrected chi connectivity index (χ4v) is 4.19. The number of aromatic nitrogens is 2. The number of hydrogen-bond acceptors (Lipinski definition) is 3. The Hall–Kier alpha value is -2.90. The Morgan fingerprint density at radius 2 is 1.55 bits per heavy atom. The third kappa shape index (κ3) is 4.16. The highest BCUT2D eigenvalue weighted by atomic mass is 35.5. The van der Waals surface area contributed by atoms with Crippen LogP contribution in [-0.4, -0.2) is 57.6 Å². The van der Waals surface area contributed by atoms with Crippen molar-refractivity contribution in [2.75, 3.05) is 26.2 Å². The molecule has 1 aliphatic rings. The lowest BCUT2D eigenvalue weighted by Gasteiger charge is -2.35. The normalized spacial score (nSPS) is 14.1. The van der Waals surface area contributed by atoms with Gasteiger partial charge in [0, 0.05) is 26.2 Å². The molecular formula is C22H19Cl2FN4O2. The molecule has 1 aromatic heterocycles. The Bertz CT molecular complexity index is 1140. The Morgan fingerprint density at radius 3 is 2.16 bits per heavy atom. The second kappa shape index (κ2) is 8.69. The molecule has 6 nitrogen and oxygen atoms in total. The maximum atomic E-state index is 13.3. The van der Waals surface area contributed by atoms with Gasteiger partial charge >= 0.3 is 0 Å². The Labute approximate surface area is 188 Å². The average Bonchev–Trinajstić information content (AvgIpc) is 3.07. The van der Waals surface area contributed by atoms with Gasteiger partial charge < -0.3 is 9.80 Å². The van der Waals surface area contributed by atoms with Gasteiger partial charge in [0.15, 0.2) is 0 Å². The summed E-state index contributed by atoms with van der Waals surface area (Å²) >= 11 is 12.5. The van der Waals surface area contributed by atoms with Crippen LogP contribution in [0.3, 0.4) is 0 Å². The minimum absolute atomic E-state index is 0.0687. The first-order valence-corrected chi connectivity index (χ1v) is 10.5. The summed E-state index contributed by atoms with van der Waals surface area (Å²) < 4.78 is 14.8. The van der Waals surface area contributed by atoms with Gasteiger partial charge in [0.1, 0.15) is 11.0 Å². The van der Waals surface area contributed by atoms with Crippen LogP contribution in [0.4, 0.5) is 4.39 Å². The van der Waals surface area contributed by atoms with E-state index in [9.17, 15) is 14.0 Å². The molecule has 0 radical (unpaired) electrons. The average molecular weight is 461 g/mol. The number of rotatable bonds is 3. The number of carbonyl (C=O) groups excluding carboxylic acids is 2. The lowest BCUT2D eigenvalue weighted by atomic mass is 10.1. The number of hydrogen-bond donors (Lipinski definition) is 0. The second-order valence-corrected chi connectivity index (χ2v) is 7.97. The highest BCUT2D eigenvalue weighted by Crippen LogP contribution is 2.26. The van der Waals surface area contributed by atoms with E-state index in [0.717, 1.165) is 11.8 Å². The molecule has 0 spiro atoms. The van der Waals surface area contributed by atoms with E-state index in [1.807, 2.05) is 30.3 Å². The van der Waals surface area contributed by atoms with Crippen molar-refractivity contribution in [1.82, 2.24) is 19.6 Å². The SMILES string of the molecule is Cc1nn(-c2ccccc2)c(Cl)c1C(=O)N1CCN(C(=O)c2ccc(F)cc2Cl)CC1. The Kier molecular flexibility index (Phi) is 5.98. The largest absolute Gasteiger partial charge is 0.335 e. The van der Waals surface area contributed by atoms with E-state index in [1.165, 1.54) is 12.1 Å². The Morgan fingerprint density at radius 1 is 0.935 bits per heavy atom. The molecule has 4 rings (SSSR count). The molecule has 0 saturated carbocycles. The lowest BCUT2D eigenvalue weighted by Crippen LogP contribution is -2.50. The molecule has 160 valence electrons. The molecule has 3 aromatic rings. The van der Waals surface area contributed by atoms with Gasteiger partial charge in [-0.15, -0.1) is 0 Å². The lowest BCUT2D eigenvalue weighted by molar-refractivity contribution is 0.0535. The monoisotopic (exact) mass is 460 g/mol. The summed E-state index contributed by atoms with van der Waals surface area (Å²) in [5, 5.41) is 4.75. The van der Waals surface area contributed by atoms with Crippen LogP contribution >= 0.6 is 23.2 Å². The highest BCUT2D eigenvalue weighted by Gasteiger charge is 2.30. The minimum Gasteiger partial charge on any atom is -0.335 e. The number of nitrogens with zero attached hydrogens (tertiary/aromatic N) is 4. The zero-order chi connectivity index (χ0) is 22.1. The van der Waals surface area contributed by atoms with Crippen LogP contribution in [0.5, 0.6) is 0 Å². The van der Waals surface area contributed by atoms with Gasteiger partial charge in [0.25, 0.3) is 11.8 Å². The summed E-state index contributed by atoms with van der Waals surface area (Å²) in [7, 11) is 0. The van der Waals surface area contributed by atoms with Gasteiger partial charge in [-0.05, 0) is 37.3 Å². The second-order valence-electron chi connectivity index (χ2n) is 7.21. The first kappa shape index (κ1) is 21.3. The first-order valence-electron chi connectivity index (χ1n) is 9.71. The predicted octanol–water partition coefficient (Wildman–Crippen LogP) is 4.22. The topological polar surface area (TPSA) is 58.4 Å². The number of amides is 2. The quantitative estimate of drug-likeness (QED) is 0.587. The smallest absolute Gasteiger partial charge is 0.259 e. The fraction of sp³-hybridized carbons (Fsp3) is 0.227. The summed E-state index contributed by atoms with van der Waals surface area (Å²) in [5.74, 6) is -1.01. The zero-order valence-electron chi connectivity index (χ0n) is 16.7. The molecule has 0 bridgehead atoms. The van der Waals surface area contributed by atoms with Gasteiger partial charge in [-0.1, -0.05) is 41.4 Å². The molecule has 1 fully saturated rings. The van der Waals surface area contributed by atoms with Crippen molar-refractivity contribution in [3.05, 3.63) is 81.3 Å². The fourth-order valence-electron chi connectivity index (χ4n) is 3.59. The van der Waals surface area contributed by atoms with Crippen LogP contribution < -0.4 is 0 Å². The van der Waals surface area contributed by atoms with Crippen LogP contribution in [0, 0.1) is 12.7 Å². The van der Waals surface area contributed by atoms with Crippen LogP contribution in [-0.2, 0) is 0 Å². The van der Waals surface area contributed by atoms with Crippen molar-refractivity contribution in [2.24, 2.45) is 0 Å². The highest BCUT2D eigenvalue weighted by molar-refractivity contribution is 6.34. The molecule has 0 unspecified atom stereocenters. The number of piperazine rings is 1. The summed E-state index contributed by atoms with van der Waals surface area (Å²) in [5.41, 5.74) is 1.90. The number of para-hydroxylation sites is 1. The first-order chi connectivity index (χ1) is 14.9. The molecule has 9 heteroatoms. The van der Waals surface area contributed by atoms with Gasteiger partial charge in [0.2, 0.25) is 0 Å². The molecular weight excluding hydrogens is 442 g/mol. The van der Waals surface area contributed by atoms with E-state index >= 15 is 0 Å². The molecule has 2 amide bonds. The van der Waals surface area contributed by atoms with Crippen molar-refractivity contribution < 1.29 is 14.0 Å². The van der Waals surface area contributed by atoms with Crippen molar-refractivity contribution in [1.29, 1.82) is 0 Å². The predicted molar refractivity (Wildman–Crippen MR) is 117 cm³/mol. The third-order valence-electron chi connectivity index (χ3n) is 5.23. The van der Waals surface area contributed by atoms with Gasteiger partial charge in [-0.25, -0.2) is 9.07 Å². The standard InChI is InChI=1S/C22H19Cl2FN4O2/c1-14-19(20(24)29(26-14)16-5-3-2-4-6-16)22(31)28-11-9-27(10-12-28)21(30)17-8-7-15(25)13-18(17)23/h2-8,13H,9-12H2,1H3. The molecule has 2 heterocycles. The van der Waals surface area contributed by atoms with Crippen molar-refractivity contribution in [3.63, 3.8) is 0 Å². The van der Waals surface area contributed by atoms with Crippen LogP contribution in [0.15, 0.2) is 48.5 Å². The molecule has 0 N–H and O–H groups in total. The van der Waals surface area contributed by atoms with E-state index in [1.54, 1.807) is 21.4 Å². The summed E-state index contributed by atoms with van der Waals surface area (Å²) in [4.78, 5) is 29.1. The molecule has 0 aliphatic carbocycles. The minimum atomic E-state index is -0.500. The van der Waals surface area contributed by atoms with E-state index in [0.29, 0.717) is 37.4 Å². The zero-order valence-corrected chi connectivity index (χ0v) is 18.2. The number of aryl methyl sites for hydroxylation is 1. The number of halogens is 3. The molecule has 1 aliphatic heterocycles. The van der Waals surface area contributed by atoms with E-state index in [4.69, 9.17) is 23.2 Å². The van der Waals surface area contributed by atoms with Gasteiger partial charge in [-0.3, -0.25) is 9.59 Å². The van der Waals surface area contributed by atoms with E-state index in [-0.39, 0.29) is 27.6 Å². The van der Waals surface area contributed by atoms with Crippen molar-refractivity contribution in [2.45, 2.75) is 6.92 Å². The molecule has 0 atom stereocenters. The van der Waals surface area contributed by atoms with E-state index < -0.39 is 5.82 Å². The molecule has 31 heavy (non-hydrogen) atoms. The summed E-state index contributed by atoms with van der Waals surface area (Å²) in [6.07, 6.45) is 0. The maximum Gasteiger partial charge on any atom is 0.259 e. The van der Waals surface area contributed by atoms with Crippen molar-refractivity contribution >= 4 is 35.0 Å². The number of carbonyl (C=O) groups is 2.